The molecule has 1 aliphatic carbocycles. The van der Waals surface area contributed by atoms with Crippen LogP contribution in [-0.4, -0.2) is 35.7 Å². The van der Waals surface area contributed by atoms with E-state index in [2.05, 4.69) is 17.9 Å². The first-order chi connectivity index (χ1) is 6.24. The van der Waals surface area contributed by atoms with E-state index in [-0.39, 0.29) is 6.10 Å². The summed E-state index contributed by atoms with van der Waals surface area (Å²) >= 11 is 0. The summed E-state index contributed by atoms with van der Waals surface area (Å²) in [6.07, 6.45) is 10.1. The number of hydrogen-bond donors (Lipinski definition) is 1. The fourth-order valence-corrected chi connectivity index (χ4v) is 1.92. The van der Waals surface area contributed by atoms with Gasteiger partial charge < -0.3 is 10.0 Å². The Morgan fingerprint density at radius 2 is 2.00 bits per heavy atom. The van der Waals surface area contributed by atoms with Crippen molar-refractivity contribution in [3.05, 3.63) is 0 Å². The molecule has 0 spiro atoms. The molecule has 0 amide bonds. The van der Waals surface area contributed by atoms with Gasteiger partial charge in [0.05, 0.1) is 6.10 Å². The van der Waals surface area contributed by atoms with Gasteiger partial charge in [0.2, 0.25) is 0 Å². The Bertz CT molecular complexity index is 177. The Balaban J connectivity index is 2.24. The van der Waals surface area contributed by atoms with Gasteiger partial charge in [-0.05, 0) is 32.7 Å². The first-order valence-electron chi connectivity index (χ1n) is 5.06. The molecule has 1 N–H and O–H groups in total. The molecule has 1 rings (SSSR count). The summed E-state index contributed by atoms with van der Waals surface area (Å²) in [6, 6.07) is 0.636. The van der Waals surface area contributed by atoms with Gasteiger partial charge in [0.15, 0.2) is 0 Å². The van der Waals surface area contributed by atoms with Crippen molar-refractivity contribution in [3.63, 3.8) is 0 Å². The minimum absolute atomic E-state index is 0.0581. The van der Waals surface area contributed by atoms with E-state index in [1.807, 2.05) is 0 Å². The van der Waals surface area contributed by atoms with Crippen molar-refractivity contribution >= 4 is 0 Å². The first kappa shape index (κ1) is 10.6. The van der Waals surface area contributed by atoms with Crippen molar-refractivity contribution in [2.24, 2.45) is 0 Å². The average molecular weight is 181 g/mol. The standard InChI is InChI=1S/C11H19NO/c1-3-4-9-12(2)10-5-7-11(13)8-6-10/h1,10-11,13H,4-9H2,2H3. The summed E-state index contributed by atoms with van der Waals surface area (Å²) < 4.78 is 0. The highest BCUT2D eigenvalue weighted by atomic mass is 16.3. The number of aliphatic hydroxyl groups excluding tert-OH is 1. The van der Waals surface area contributed by atoms with Crippen LogP contribution in [0.1, 0.15) is 32.1 Å². The van der Waals surface area contributed by atoms with E-state index < -0.39 is 0 Å². The van der Waals surface area contributed by atoms with Crippen LogP contribution in [0.25, 0.3) is 0 Å². The second kappa shape index (κ2) is 5.26. The van der Waals surface area contributed by atoms with Gasteiger partial charge in [0, 0.05) is 19.0 Å². The van der Waals surface area contributed by atoms with Gasteiger partial charge in [0.1, 0.15) is 0 Å². The molecule has 0 radical (unpaired) electrons. The number of nitrogens with zero attached hydrogens (tertiary/aromatic N) is 1. The highest BCUT2D eigenvalue weighted by molar-refractivity contribution is 4.86. The minimum atomic E-state index is -0.0581. The van der Waals surface area contributed by atoms with Crippen molar-refractivity contribution in [1.82, 2.24) is 4.90 Å². The molecule has 0 bridgehead atoms. The lowest BCUT2D eigenvalue weighted by Crippen LogP contribution is -2.36. The Kier molecular flexibility index (Phi) is 4.27. The third-order valence-electron chi connectivity index (χ3n) is 2.90. The predicted molar refractivity (Wildman–Crippen MR) is 54.3 cm³/mol. The summed E-state index contributed by atoms with van der Waals surface area (Å²) in [6.45, 7) is 0.983. The topological polar surface area (TPSA) is 23.5 Å². The zero-order valence-electron chi connectivity index (χ0n) is 8.37. The van der Waals surface area contributed by atoms with E-state index in [1.54, 1.807) is 0 Å². The van der Waals surface area contributed by atoms with Crippen LogP contribution in [0.3, 0.4) is 0 Å². The Labute approximate surface area is 80.9 Å². The second-order valence-corrected chi connectivity index (χ2v) is 3.90. The van der Waals surface area contributed by atoms with Gasteiger partial charge in [-0.3, -0.25) is 0 Å². The van der Waals surface area contributed by atoms with Crippen molar-refractivity contribution < 1.29 is 5.11 Å². The third kappa shape index (κ3) is 3.38. The molecule has 0 heterocycles. The maximum absolute atomic E-state index is 9.33. The smallest absolute Gasteiger partial charge is 0.0541 e. The molecule has 0 atom stereocenters. The van der Waals surface area contributed by atoms with Gasteiger partial charge in [-0.1, -0.05) is 0 Å². The quantitative estimate of drug-likeness (QED) is 0.662. The molecule has 1 saturated carbocycles. The van der Waals surface area contributed by atoms with Crippen LogP contribution in [0, 0.1) is 12.3 Å². The highest BCUT2D eigenvalue weighted by Gasteiger charge is 2.21. The maximum Gasteiger partial charge on any atom is 0.0541 e. The molecule has 13 heavy (non-hydrogen) atoms. The van der Waals surface area contributed by atoms with Crippen LogP contribution < -0.4 is 0 Å². The zero-order chi connectivity index (χ0) is 9.68. The number of rotatable bonds is 3. The zero-order valence-corrected chi connectivity index (χ0v) is 8.37. The van der Waals surface area contributed by atoms with Gasteiger partial charge in [-0.2, -0.15) is 0 Å². The molecule has 0 aromatic carbocycles. The molecule has 74 valence electrons. The third-order valence-corrected chi connectivity index (χ3v) is 2.90. The van der Waals surface area contributed by atoms with Crippen molar-refractivity contribution in [2.75, 3.05) is 13.6 Å². The predicted octanol–water partition coefficient (Wildman–Crippen LogP) is 1.25. The molecule has 0 aromatic heterocycles. The number of terminal acetylenes is 1. The lowest BCUT2D eigenvalue weighted by molar-refractivity contribution is 0.0851. The molecule has 2 heteroatoms. The van der Waals surface area contributed by atoms with Crippen LogP contribution in [0.4, 0.5) is 0 Å². The Hall–Kier alpha value is -0.520. The number of aliphatic hydroxyl groups is 1. The fourth-order valence-electron chi connectivity index (χ4n) is 1.92. The summed E-state index contributed by atoms with van der Waals surface area (Å²) in [5, 5.41) is 9.33. The minimum Gasteiger partial charge on any atom is -0.393 e. The monoisotopic (exact) mass is 181 g/mol. The van der Waals surface area contributed by atoms with Crippen LogP contribution in [-0.2, 0) is 0 Å². The van der Waals surface area contributed by atoms with Crippen molar-refractivity contribution in [1.29, 1.82) is 0 Å². The van der Waals surface area contributed by atoms with E-state index in [9.17, 15) is 5.11 Å². The largest absolute Gasteiger partial charge is 0.393 e. The van der Waals surface area contributed by atoms with Gasteiger partial charge in [0.25, 0.3) is 0 Å². The van der Waals surface area contributed by atoms with Gasteiger partial charge in [-0.15, -0.1) is 12.3 Å². The molecular formula is C11H19NO. The van der Waals surface area contributed by atoms with Crippen LogP contribution in [0.15, 0.2) is 0 Å². The lowest BCUT2D eigenvalue weighted by atomic mass is 9.92. The fraction of sp³-hybridized carbons (Fsp3) is 0.818. The van der Waals surface area contributed by atoms with E-state index in [0.717, 1.165) is 38.6 Å². The molecular weight excluding hydrogens is 162 g/mol. The van der Waals surface area contributed by atoms with Gasteiger partial charge in [-0.25, -0.2) is 0 Å². The van der Waals surface area contributed by atoms with E-state index in [1.165, 1.54) is 0 Å². The van der Waals surface area contributed by atoms with Crippen LogP contribution in [0.2, 0.25) is 0 Å². The first-order valence-corrected chi connectivity index (χ1v) is 5.06. The Morgan fingerprint density at radius 1 is 1.38 bits per heavy atom. The maximum atomic E-state index is 9.33. The SMILES string of the molecule is C#CCCN(C)C1CCC(O)CC1. The summed E-state index contributed by atoms with van der Waals surface area (Å²) in [5.74, 6) is 2.66. The van der Waals surface area contributed by atoms with E-state index in [0.29, 0.717) is 6.04 Å². The second-order valence-electron chi connectivity index (χ2n) is 3.90. The summed E-state index contributed by atoms with van der Waals surface area (Å²) in [4.78, 5) is 2.33. The average Bonchev–Trinajstić information content (AvgIpc) is 2.15. The Morgan fingerprint density at radius 3 is 2.54 bits per heavy atom. The molecule has 0 unspecified atom stereocenters. The normalized spacial score (nSPS) is 28.8. The van der Waals surface area contributed by atoms with E-state index in [4.69, 9.17) is 6.42 Å². The molecule has 0 aromatic rings. The van der Waals surface area contributed by atoms with Crippen LogP contribution >= 0.6 is 0 Å². The molecule has 1 fully saturated rings. The molecule has 0 aliphatic heterocycles. The summed E-state index contributed by atoms with van der Waals surface area (Å²) in [5.41, 5.74) is 0. The van der Waals surface area contributed by atoms with E-state index >= 15 is 0 Å². The molecule has 1 aliphatic rings. The lowest BCUT2D eigenvalue weighted by Gasteiger charge is -2.32. The van der Waals surface area contributed by atoms with Crippen LogP contribution in [0.5, 0.6) is 0 Å². The van der Waals surface area contributed by atoms with Crippen molar-refractivity contribution in [2.45, 2.75) is 44.2 Å². The molecule has 2 nitrogen and oxygen atoms in total. The summed E-state index contributed by atoms with van der Waals surface area (Å²) in [7, 11) is 2.12. The van der Waals surface area contributed by atoms with Crippen molar-refractivity contribution in [3.8, 4) is 12.3 Å². The highest BCUT2D eigenvalue weighted by Crippen LogP contribution is 2.22. The van der Waals surface area contributed by atoms with Gasteiger partial charge >= 0.3 is 0 Å². The molecule has 0 saturated heterocycles. The number of hydrogen-bond acceptors (Lipinski definition) is 2.